The number of hydrogen-bond acceptors (Lipinski definition) is 4. The Morgan fingerprint density at radius 2 is 1.69 bits per heavy atom. The fourth-order valence-corrected chi connectivity index (χ4v) is 1.22. The fourth-order valence-electron chi connectivity index (χ4n) is 0.896. The quantitative estimate of drug-likeness (QED) is 0.367. The van der Waals surface area contributed by atoms with Crippen molar-refractivity contribution in [3.8, 4) is 0 Å². The van der Waals surface area contributed by atoms with Gasteiger partial charge in [0.2, 0.25) is 0 Å². The van der Waals surface area contributed by atoms with Gasteiger partial charge in [-0.25, -0.2) is 0 Å². The van der Waals surface area contributed by atoms with Crippen LogP contribution in [0.3, 0.4) is 0 Å². The molecule has 13 heavy (non-hydrogen) atoms. The molecule has 0 saturated carbocycles. The molecular formula is C7H16NaO4P+. The van der Waals surface area contributed by atoms with Gasteiger partial charge in [-0.1, -0.05) is 0 Å². The molecule has 0 heterocycles. The van der Waals surface area contributed by atoms with Gasteiger partial charge in [0.25, 0.3) is 0 Å². The zero-order valence-corrected chi connectivity index (χ0v) is 11.8. The molecule has 6 heteroatoms. The van der Waals surface area contributed by atoms with E-state index in [1.165, 1.54) is 0 Å². The molecule has 0 aromatic carbocycles. The minimum absolute atomic E-state index is 0. The third-order valence-electron chi connectivity index (χ3n) is 1.29. The first-order chi connectivity index (χ1) is 5.68. The van der Waals surface area contributed by atoms with Crippen molar-refractivity contribution in [3.63, 3.8) is 0 Å². The Kier molecular flexibility index (Phi) is 12.0. The zero-order valence-electron chi connectivity index (χ0n) is 8.75. The van der Waals surface area contributed by atoms with Gasteiger partial charge in [0.15, 0.2) is 12.4 Å². The van der Waals surface area contributed by atoms with Crippen molar-refractivity contribution in [2.24, 2.45) is 0 Å². The second-order valence-corrected chi connectivity index (χ2v) is 2.83. The smallest absolute Gasteiger partial charge is 0.348 e. The Morgan fingerprint density at radius 1 is 1.23 bits per heavy atom. The van der Waals surface area contributed by atoms with Gasteiger partial charge in [0, 0.05) is 42.8 Å². The molecule has 0 aliphatic rings. The van der Waals surface area contributed by atoms with Gasteiger partial charge in [-0.3, -0.25) is 0 Å². The van der Waals surface area contributed by atoms with Crippen LogP contribution in [0, 0.1) is 0 Å². The van der Waals surface area contributed by atoms with Crippen LogP contribution in [0.1, 0.15) is 20.8 Å². The minimum Gasteiger partial charge on any atom is -0.348 e. The third-order valence-corrected chi connectivity index (χ3v) is 1.55. The molecule has 1 atom stereocenters. The fraction of sp³-hybridized carbons (Fsp3) is 1.00. The summed E-state index contributed by atoms with van der Waals surface area (Å²) in [6.45, 7) is 6.79. The summed E-state index contributed by atoms with van der Waals surface area (Å²) in [4.78, 5) is 0. The first-order valence-electron chi connectivity index (χ1n) is 3.95. The van der Waals surface area contributed by atoms with Crippen LogP contribution in [0.5, 0.6) is 0 Å². The molecular weight excluding hydrogens is 202 g/mol. The monoisotopic (exact) mass is 218 g/mol. The zero-order chi connectivity index (χ0) is 9.45. The molecule has 0 bridgehead atoms. The van der Waals surface area contributed by atoms with Crippen molar-refractivity contribution in [2.45, 2.75) is 26.6 Å². The van der Waals surface area contributed by atoms with E-state index in [0.29, 0.717) is 13.2 Å². The SMILES string of the molecule is CCOC(C)(CO[PH+]=O)OCC.[Na]. The molecule has 0 N–H and O–H groups in total. The summed E-state index contributed by atoms with van der Waals surface area (Å²) in [5.74, 6) is -0.763. The van der Waals surface area contributed by atoms with Crippen molar-refractivity contribution in [3.05, 3.63) is 0 Å². The predicted octanol–water partition coefficient (Wildman–Crippen LogP) is 1.35. The van der Waals surface area contributed by atoms with Gasteiger partial charge in [-0.05, 0) is 25.3 Å². The van der Waals surface area contributed by atoms with E-state index in [2.05, 4.69) is 0 Å². The summed E-state index contributed by atoms with van der Waals surface area (Å²) in [5.41, 5.74) is 0. The van der Waals surface area contributed by atoms with Gasteiger partial charge >= 0.3 is 8.69 Å². The first-order valence-corrected chi connectivity index (χ1v) is 4.77. The van der Waals surface area contributed by atoms with E-state index in [1.807, 2.05) is 13.8 Å². The van der Waals surface area contributed by atoms with Gasteiger partial charge in [-0.15, -0.1) is 4.52 Å². The molecule has 0 amide bonds. The average molecular weight is 218 g/mol. The summed E-state index contributed by atoms with van der Waals surface area (Å²) < 4.78 is 25.4. The van der Waals surface area contributed by atoms with Crippen LogP contribution in [0.4, 0.5) is 0 Å². The minimum atomic E-state index is -0.770. The van der Waals surface area contributed by atoms with Crippen molar-refractivity contribution in [2.75, 3.05) is 19.8 Å². The Bertz CT molecular complexity index is 128. The van der Waals surface area contributed by atoms with Crippen LogP contribution in [0.15, 0.2) is 0 Å². The molecule has 4 nitrogen and oxygen atoms in total. The van der Waals surface area contributed by atoms with Gasteiger partial charge < -0.3 is 9.47 Å². The molecule has 0 aliphatic heterocycles. The Labute approximate surface area is 103 Å². The van der Waals surface area contributed by atoms with Gasteiger partial charge in [-0.2, -0.15) is 0 Å². The maximum atomic E-state index is 10.1. The average Bonchev–Trinajstić information content (AvgIpc) is 2.02. The molecule has 73 valence electrons. The van der Waals surface area contributed by atoms with Crippen LogP contribution < -0.4 is 0 Å². The summed E-state index contributed by atoms with van der Waals surface area (Å²) in [6, 6.07) is 0. The van der Waals surface area contributed by atoms with Gasteiger partial charge in [0.05, 0.1) is 0 Å². The molecule has 0 aromatic rings. The topological polar surface area (TPSA) is 44.8 Å². The largest absolute Gasteiger partial charge is 0.494 e. The first kappa shape index (κ1) is 16.4. The summed E-state index contributed by atoms with van der Waals surface area (Å²) in [7, 11) is -0.770. The number of ether oxygens (including phenoxy) is 2. The van der Waals surface area contributed by atoms with Crippen molar-refractivity contribution < 1.29 is 18.6 Å². The molecule has 0 aromatic heterocycles. The van der Waals surface area contributed by atoms with Crippen LogP contribution in [-0.4, -0.2) is 55.2 Å². The Morgan fingerprint density at radius 3 is 2.00 bits per heavy atom. The Balaban J connectivity index is 0. The number of hydrogen-bond donors (Lipinski definition) is 0. The number of rotatable bonds is 7. The van der Waals surface area contributed by atoms with Crippen molar-refractivity contribution in [1.82, 2.24) is 0 Å². The molecule has 0 saturated heterocycles. The van der Waals surface area contributed by atoms with Crippen molar-refractivity contribution in [1.29, 1.82) is 0 Å². The van der Waals surface area contributed by atoms with E-state index < -0.39 is 14.5 Å². The molecule has 0 aliphatic carbocycles. The second-order valence-electron chi connectivity index (χ2n) is 2.37. The molecule has 1 radical (unpaired) electrons. The maximum Gasteiger partial charge on any atom is 0.494 e. The van der Waals surface area contributed by atoms with Crippen molar-refractivity contribution >= 4 is 38.2 Å². The van der Waals surface area contributed by atoms with E-state index in [4.69, 9.17) is 14.0 Å². The molecule has 0 rings (SSSR count). The normalized spacial score (nSPS) is 11.3. The van der Waals surface area contributed by atoms with E-state index in [0.717, 1.165) is 0 Å². The van der Waals surface area contributed by atoms with E-state index in [-0.39, 0.29) is 36.2 Å². The van der Waals surface area contributed by atoms with Crippen LogP contribution in [0.2, 0.25) is 0 Å². The maximum absolute atomic E-state index is 10.1. The molecule has 0 spiro atoms. The third kappa shape index (κ3) is 8.01. The van der Waals surface area contributed by atoms with Gasteiger partial charge in [0.1, 0.15) is 0 Å². The summed E-state index contributed by atoms with van der Waals surface area (Å²) >= 11 is 0. The van der Waals surface area contributed by atoms with Crippen LogP contribution >= 0.6 is 8.69 Å². The van der Waals surface area contributed by atoms with E-state index in [1.54, 1.807) is 6.92 Å². The molecule has 1 unspecified atom stereocenters. The van der Waals surface area contributed by atoms with E-state index >= 15 is 0 Å². The van der Waals surface area contributed by atoms with Crippen LogP contribution in [-0.2, 0) is 18.6 Å². The second kappa shape index (κ2) is 9.53. The standard InChI is InChI=1S/C7H16O4P.Na/c1-4-9-7(3,10-5-2)6-11-12-8;/h12H,4-6H2,1-3H3;/q+1;. The Hall–Kier alpha value is 0.980. The predicted molar refractivity (Wildman–Crippen MR) is 52.4 cm³/mol. The molecule has 0 fully saturated rings. The summed E-state index contributed by atoms with van der Waals surface area (Å²) in [5, 5.41) is 0. The van der Waals surface area contributed by atoms with Crippen LogP contribution in [0.25, 0.3) is 0 Å². The van der Waals surface area contributed by atoms with E-state index in [9.17, 15) is 4.57 Å². The summed E-state index contributed by atoms with van der Waals surface area (Å²) in [6.07, 6.45) is 0.